The third-order valence-corrected chi connectivity index (χ3v) is 4.69. The van der Waals surface area contributed by atoms with Crippen LogP contribution in [0.1, 0.15) is 23.5 Å². The highest BCUT2D eigenvalue weighted by atomic mass is 19.1. The van der Waals surface area contributed by atoms with Crippen LogP contribution in [-0.4, -0.2) is 56.3 Å². The van der Waals surface area contributed by atoms with Gasteiger partial charge in [-0.3, -0.25) is 4.57 Å². The molecule has 2 aromatic rings. The number of benzene rings is 1. The van der Waals surface area contributed by atoms with Gasteiger partial charge in [0.05, 0.1) is 5.56 Å². The molecular weight excluding hydrogens is 373 g/mol. The molecule has 3 rings (SSSR count). The van der Waals surface area contributed by atoms with E-state index in [1.54, 1.807) is 18.2 Å². The van der Waals surface area contributed by atoms with E-state index in [9.17, 15) is 24.2 Å². The lowest BCUT2D eigenvalue weighted by Gasteiger charge is -2.30. The molecule has 1 aliphatic heterocycles. The number of anilines is 1. The van der Waals surface area contributed by atoms with Gasteiger partial charge in [0.25, 0.3) is 0 Å². The topological polar surface area (TPSA) is 137 Å². The summed E-state index contributed by atoms with van der Waals surface area (Å²) in [6.07, 6.45) is -2.07. The Morgan fingerprint density at radius 1 is 1.39 bits per heavy atom. The second-order valence-corrected chi connectivity index (χ2v) is 6.78. The minimum Gasteiger partial charge on any atom is -0.459 e. The summed E-state index contributed by atoms with van der Waals surface area (Å²) in [6, 6.07) is 9.28. The molecule has 10 heteroatoms. The van der Waals surface area contributed by atoms with Crippen LogP contribution in [0.2, 0.25) is 0 Å². The van der Waals surface area contributed by atoms with Crippen LogP contribution in [0, 0.1) is 0 Å². The minimum absolute atomic E-state index is 0.0482. The van der Waals surface area contributed by atoms with Crippen molar-refractivity contribution < 1.29 is 28.9 Å². The van der Waals surface area contributed by atoms with E-state index in [0.717, 1.165) is 4.57 Å². The van der Waals surface area contributed by atoms with Crippen molar-refractivity contribution in [3.05, 3.63) is 58.6 Å². The third kappa shape index (κ3) is 3.37. The Kier molecular flexibility index (Phi) is 5.20. The largest absolute Gasteiger partial charge is 0.459 e. The monoisotopic (exact) mass is 393 g/mol. The van der Waals surface area contributed by atoms with Gasteiger partial charge < -0.3 is 25.4 Å². The van der Waals surface area contributed by atoms with Gasteiger partial charge in [-0.25, -0.2) is 14.0 Å². The number of rotatable bonds is 5. The number of hydrogen-bond donors (Lipinski definition) is 3. The Morgan fingerprint density at radius 2 is 2.07 bits per heavy atom. The number of ether oxygens (including phenoxy) is 2. The van der Waals surface area contributed by atoms with Crippen LogP contribution in [0.3, 0.4) is 0 Å². The van der Waals surface area contributed by atoms with Crippen LogP contribution in [0.15, 0.2) is 47.4 Å². The molecule has 0 spiro atoms. The molecule has 0 amide bonds. The molecule has 0 unspecified atom stereocenters. The first-order chi connectivity index (χ1) is 13.2. The Morgan fingerprint density at radius 3 is 2.68 bits per heavy atom. The molecule has 150 valence electrons. The molecule has 28 heavy (non-hydrogen) atoms. The lowest BCUT2D eigenvalue weighted by molar-refractivity contribution is -0.141. The van der Waals surface area contributed by atoms with Gasteiger partial charge >= 0.3 is 11.7 Å². The predicted octanol–water partition coefficient (Wildman–Crippen LogP) is 0.0315. The van der Waals surface area contributed by atoms with Gasteiger partial charge in [0.2, 0.25) is 0 Å². The summed E-state index contributed by atoms with van der Waals surface area (Å²) in [7, 11) is 0. The van der Waals surface area contributed by atoms with Crippen molar-refractivity contribution in [2.75, 3.05) is 19.0 Å². The summed E-state index contributed by atoms with van der Waals surface area (Å²) >= 11 is 0. The van der Waals surface area contributed by atoms with E-state index in [0.29, 0.717) is 0 Å². The second kappa shape index (κ2) is 7.30. The summed E-state index contributed by atoms with van der Waals surface area (Å²) in [6.45, 7) is -0.774. The molecule has 1 aromatic carbocycles. The summed E-state index contributed by atoms with van der Waals surface area (Å²) in [5, 5.41) is 21.3. The fraction of sp³-hybridized carbons (Fsp3) is 0.389. The smallest absolute Gasteiger partial charge is 0.351 e. The van der Waals surface area contributed by atoms with Gasteiger partial charge in [-0.1, -0.05) is 18.2 Å². The Labute approximate surface area is 159 Å². The maximum atomic E-state index is 13.9. The van der Waals surface area contributed by atoms with Crippen molar-refractivity contribution in [3.63, 3.8) is 0 Å². The maximum Gasteiger partial charge on any atom is 0.351 e. The predicted molar refractivity (Wildman–Crippen MR) is 95.1 cm³/mol. The zero-order valence-electron chi connectivity index (χ0n) is 15.0. The first-order valence-electron chi connectivity index (χ1n) is 8.42. The summed E-state index contributed by atoms with van der Waals surface area (Å²) in [5.41, 5.74) is 0.670. The van der Waals surface area contributed by atoms with Crippen LogP contribution in [0.4, 0.5) is 10.2 Å². The standard InChI is InChI=1S/C18H20FN3O6/c1-17(26)14(24)18(9-19,10-27-13(23)11-5-3-2-4-6-11)28-15(17)22-8-7-12(20)21-16(22)25/h2-8,14-15,24,26H,9-10H2,1H3,(H2,20,21,25)/t14-,15+,17+,18+/m0/s1. The molecule has 0 aliphatic carbocycles. The maximum absolute atomic E-state index is 13.9. The number of nitrogens with zero attached hydrogens (tertiary/aromatic N) is 2. The average Bonchev–Trinajstić information content (AvgIpc) is 2.88. The van der Waals surface area contributed by atoms with Crippen LogP contribution in [0.5, 0.6) is 0 Å². The molecule has 1 fully saturated rings. The average molecular weight is 393 g/mol. The van der Waals surface area contributed by atoms with E-state index in [1.807, 2.05) is 0 Å². The molecule has 4 N–H and O–H groups in total. The SMILES string of the molecule is C[C@@]1(O)[C@H](O)[C@@](CF)(COC(=O)c2ccccc2)O[C@H]1n1ccc(N)nc1=O. The highest BCUT2D eigenvalue weighted by Crippen LogP contribution is 2.44. The van der Waals surface area contributed by atoms with Gasteiger partial charge in [-0.05, 0) is 25.1 Å². The first kappa shape index (κ1) is 19.9. The zero-order chi connectivity index (χ0) is 20.5. The van der Waals surface area contributed by atoms with Crippen LogP contribution >= 0.6 is 0 Å². The number of carbonyl (C=O) groups excluding carboxylic acids is 1. The number of aromatic nitrogens is 2. The van der Waals surface area contributed by atoms with Gasteiger partial charge in [-0.2, -0.15) is 4.98 Å². The second-order valence-electron chi connectivity index (χ2n) is 6.78. The minimum atomic E-state index is -2.08. The molecule has 2 heterocycles. The number of nitrogen functional groups attached to an aromatic ring is 1. The van der Waals surface area contributed by atoms with Crippen molar-refractivity contribution in [3.8, 4) is 0 Å². The molecule has 1 aliphatic rings. The van der Waals surface area contributed by atoms with E-state index in [4.69, 9.17) is 15.2 Å². The number of hydrogen-bond acceptors (Lipinski definition) is 8. The van der Waals surface area contributed by atoms with Crippen LogP contribution < -0.4 is 11.4 Å². The van der Waals surface area contributed by atoms with Gasteiger partial charge in [0.1, 0.15) is 30.8 Å². The quantitative estimate of drug-likeness (QED) is 0.605. The zero-order valence-corrected chi connectivity index (χ0v) is 15.0. The number of halogens is 1. The lowest BCUT2D eigenvalue weighted by atomic mass is 9.88. The highest BCUT2D eigenvalue weighted by molar-refractivity contribution is 5.89. The molecule has 0 saturated carbocycles. The highest BCUT2D eigenvalue weighted by Gasteiger charge is 2.62. The summed E-state index contributed by atoms with van der Waals surface area (Å²) in [5.74, 6) is -0.799. The molecule has 4 atom stereocenters. The van der Waals surface area contributed by atoms with Gasteiger partial charge in [0.15, 0.2) is 11.8 Å². The molecule has 1 saturated heterocycles. The number of nitrogens with two attached hydrogens (primary N) is 1. The van der Waals surface area contributed by atoms with E-state index in [-0.39, 0.29) is 11.4 Å². The first-order valence-corrected chi connectivity index (χ1v) is 8.42. The number of aliphatic hydroxyl groups is 2. The van der Waals surface area contributed by atoms with Crippen molar-refractivity contribution >= 4 is 11.8 Å². The van der Waals surface area contributed by atoms with Crippen molar-refractivity contribution in [1.29, 1.82) is 0 Å². The van der Waals surface area contributed by atoms with Crippen molar-refractivity contribution in [2.24, 2.45) is 0 Å². The molecule has 9 nitrogen and oxygen atoms in total. The Bertz CT molecular complexity index is 919. The third-order valence-electron chi connectivity index (χ3n) is 4.69. The Balaban J connectivity index is 1.87. The van der Waals surface area contributed by atoms with Crippen LogP contribution in [0.25, 0.3) is 0 Å². The molecule has 0 bridgehead atoms. The number of alkyl halides is 1. The van der Waals surface area contributed by atoms with E-state index >= 15 is 0 Å². The number of carbonyl (C=O) groups is 1. The van der Waals surface area contributed by atoms with E-state index in [1.165, 1.54) is 31.3 Å². The molecular formula is C18H20FN3O6. The summed E-state index contributed by atoms with van der Waals surface area (Å²) in [4.78, 5) is 27.8. The molecule has 0 radical (unpaired) electrons. The van der Waals surface area contributed by atoms with Crippen molar-refractivity contribution in [2.45, 2.75) is 30.5 Å². The molecule has 1 aromatic heterocycles. The number of aliphatic hydroxyl groups excluding tert-OH is 1. The van der Waals surface area contributed by atoms with E-state index in [2.05, 4.69) is 4.98 Å². The Hall–Kier alpha value is -2.82. The van der Waals surface area contributed by atoms with Gasteiger partial charge in [-0.15, -0.1) is 0 Å². The normalized spacial score (nSPS) is 29.6. The van der Waals surface area contributed by atoms with Gasteiger partial charge in [0, 0.05) is 6.20 Å². The fourth-order valence-corrected chi connectivity index (χ4v) is 3.12. The van der Waals surface area contributed by atoms with Crippen molar-refractivity contribution in [1.82, 2.24) is 9.55 Å². The number of esters is 1. The lowest BCUT2D eigenvalue weighted by Crippen LogP contribution is -2.53. The fourth-order valence-electron chi connectivity index (χ4n) is 3.12. The summed E-state index contributed by atoms with van der Waals surface area (Å²) < 4.78 is 25.5. The van der Waals surface area contributed by atoms with Crippen LogP contribution in [-0.2, 0) is 9.47 Å². The van der Waals surface area contributed by atoms with E-state index < -0.39 is 48.5 Å².